The van der Waals surface area contributed by atoms with Gasteiger partial charge in [-0.25, -0.2) is 21.6 Å². The molecule has 0 fully saturated rings. The number of nitrogens with one attached hydrogen (secondary N) is 1. The highest BCUT2D eigenvalue weighted by Gasteiger charge is 2.23. The number of hydrogen-bond donors (Lipinski definition) is 1. The van der Waals surface area contributed by atoms with Crippen molar-refractivity contribution in [3.8, 4) is 0 Å². The average Bonchev–Trinajstić information content (AvgIpc) is 2.95. The summed E-state index contributed by atoms with van der Waals surface area (Å²) in [6, 6.07) is 7.87. The summed E-state index contributed by atoms with van der Waals surface area (Å²) in [5.74, 6) is -2.92. The van der Waals surface area contributed by atoms with Crippen molar-refractivity contribution < 1.29 is 21.6 Å². The lowest BCUT2D eigenvalue weighted by molar-refractivity contribution is 0.500. The first-order valence-electron chi connectivity index (χ1n) is 8.09. The summed E-state index contributed by atoms with van der Waals surface area (Å²) in [5, 5.41) is 0. The van der Waals surface area contributed by atoms with Crippen molar-refractivity contribution in [2.75, 3.05) is 4.72 Å². The Morgan fingerprint density at radius 3 is 2.36 bits per heavy atom. The van der Waals surface area contributed by atoms with E-state index in [0.717, 1.165) is 17.0 Å². The molecule has 0 aliphatic heterocycles. The SMILES string of the molecule is Cc1cc(S(=O)(=O)Nc2ccc(F)c(F)c2Cc2ccc(I)cc2F)c(C)s1. The second kappa shape index (κ2) is 8.03. The van der Waals surface area contributed by atoms with Crippen LogP contribution in [0.15, 0.2) is 41.3 Å². The van der Waals surface area contributed by atoms with Crippen LogP contribution in [0, 0.1) is 34.9 Å². The lowest BCUT2D eigenvalue weighted by Gasteiger charge is -2.14. The number of anilines is 1. The van der Waals surface area contributed by atoms with E-state index in [9.17, 15) is 21.6 Å². The Kier molecular flexibility index (Phi) is 6.06. The lowest BCUT2D eigenvalue weighted by Crippen LogP contribution is -2.16. The summed E-state index contributed by atoms with van der Waals surface area (Å²) in [4.78, 5) is 1.47. The smallest absolute Gasteiger partial charge is 0.263 e. The first-order valence-corrected chi connectivity index (χ1v) is 11.5. The fourth-order valence-electron chi connectivity index (χ4n) is 2.79. The molecule has 0 aliphatic rings. The molecule has 1 N–H and O–H groups in total. The van der Waals surface area contributed by atoms with Crippen LogP contribution in [0.5, 0.6) is 0 Å². The highest BCUT2D eigenvalue weighted by Crippen LogP contribution is 2.31. The van der Waals surface area contributed by atoms with Gasteiger partial charge < -0.3 is 0 Å². The quantitative estimate of drug-likeness (QED) is 0.420. The van der Waals surface area contributed by atoms with Crippen molar-refractivity contribution in [3.05, 3.63) is 78.3 Å². The molecule has 0 aliphatic carbocycles. The van der Waals surface area contributed by atoms with E-state index in [0.29, 0.717) is 8.45 Å². The van der Waals surface area contributed by atoms with Gasteiger partial charge in [0.2, 0.25) is 0 Å². The van der Waals surface area contributed by atoms with Crippen molar-refractivity contribution in [2.45, 2.75) is 25.2 Å². The van der Waals surface area contributed by atoms with Crippen LogP contribution in [0.4, 0.5) is 18.9 Å². The second-order valence-corrected chi connectivity index (χ2v) is 10.5. The Hall–Kier alpha value is -1.59. The molecule has 0 spiro atoms. The summed E-state index contributed by atoms with van der Waals surface area (Å²) in [6.07, 6.45) is -0.300. The van der Waals surface area contributed by atoms with E-state index in [1.807, 2.05) is 22.6 Å². The molecule has 0 atom stereocenters. The molecule has 3 rings (SSSR count). The number of halogens is 4. The molecule has 28 heavy (non-hydrogen) atoms. The third-order valence-corrected chi connectivity index (χ3v) is 7.37. The van der Waals surface area contributed by atoms with Gasteiger partial charge in [-0.2, -0.15) is 0 Å². The molecule has 0 bridgehead atoms. The molecular weight excluding hydrogens is 522 g/mol. The largest absolute Gasteiger partial charge is 0.279 e. The number of aryl methyl sites for hydroxylation is 2. The summed E-state index contributed by atoms with van der Waals surface area (Å²) < 4.78 is 71.0. The Morgan fingerprint density at radius 2 is 1.75 bits per heavy atom. The van der Waals surface area contributed by atoms with E-state index in [-0.39, 0.29) is 28.1 Å². The number of benzene rings is 2. The molecule has 0 saturated carbocycles. The van der Waals surface area contributed by atoms with E-state index < -0.39 is 27.5 Å². The fraction of sp³-hybridized carbons (Fsp3) is 0.158. The summed E-state index contributed by atoms with van der Waals surface area (Å²) >= 11 is 3.26. The first kappa shape index (κ1) is 21.1. The molecule has 148 valence electrons. The number of thiophene rings is 1. The predicted octanol–water partition coefficient (Wildman–Crippen LogP) is 5.78. The third kappa shape index (κ3) is 4.36. The maximum Gasteiger partial charge on any atom is 0.263 e. The van der Waals surface area contributed by atoms with Gasteiger partial charge in [0.25, 0.3) is 10.0 Å². The minimum absolute atomic E-state index is 0.0751. The molecule has 1 aromatic heterocycles. The summed E-state index contributed by atoms with van der Waals surface area (Å²) in [6.45, 7) is 3.44. The molecule has 2 aromatic carbocycles. The van der Waals surface area contributed by atoms with Crippen molar-refractivity contribution in [3.63, 3.8) is 0 Å². The van der Waals surface area contributed by atoms with Gasteiger partial charge in [0, 0.05) is 25.3 Å². The maximum atomic E-state index is 14.5. The molecule has 3 aromatic rings. The Morgan fingerprint density at radius 1 is 1.04 bits per heavy atom. The van der Waals surface area contributed by atoms with Crippen LogP contribution in [-0.2, 0) is 16.4 Å². The minimum atomic E-state index is -4.01. The van der Waals surface area contributed by atoms with Crippen LogP contribution >= 0.6 is 33.9 Å². The normalized spacial score (nSPS) is 11.6. The van der Waals surface area contributed by atoms with E-state index in [1.54, 1.807) is 19.9 Å². The van der Waals surface area contributed by atoms with Crippen molar-refractivity contribution in [1.82, 2.24) is 0 Å². The molecule has 0 unspecified atom stereocenters. The zero-order chi connectivity index (χ0) is 20.6. The van der Waals surface area contributed by atoms with Gasteiger partial charge in [-0.05, 0) is 72.3 Å². The Labute approximate surface area is 178 Å². The summed E-state index contributed by atoms with van der Waals surface area (Å²) in [5.41, 5.74) is -0.249. The van der Waals surface area contributed by atoms with Gasteiger partial charge in [-0.3, -0.25) is 4.72 Å². The molecule has 3 nitrogen and oxygen atoms in total. The maximum absolute atomic E-state index is 14.5. The van der Waals surface area contributed by atoms with Crippen LogP contribution in [-0.4, -0.2) is 8.42 Å². The van der Waals surface area contributed by atoms with Crippen molar-refractivity contribution in [1.29, 1.82) is 0 Å². The lowest BCUT2D eigenvalue weighted by atomic mass is 10.0. The molecule has 0 radical (unpaired) electrons. The molecule has 1 heterocycles. The summed E-state index contributed by atoms with van der Waals surface area (Å²) in [7, 11) is -4.01. The molecular formula is C19H15F3INO2S2. The Balaban J connectivity index is 2.04. The topological polar surface area (TPSA) is 46.2 Å². The number of sulfonamides is 1. The van der Waals surface area contributed by atoms with Gasteiger partial charge in [-0.1, -0.05) is 6.07 Å². The van der Waals surface area contributed by atoms with E-state index in [2.05, 4.69) is 4.72 Å². The van der Waals surface area contributed by atoms with Crippen molar-refractivity contribution >= 4 is 49.6 Å². The van der Waals surface area contributed by atoms with Crippen molar-refractivity contribution in [2.24, 2.45) is 0 Å². The van der Waals surface area contributed by atoms with Gasteiger partial charge in [0.1, 0.15) is 10.7 Å². The van der Waals surface area contributed by atoms with Crippen LogP contribution in [0.2, 0.25) is 0 Å². The van der Waals surface area contributed by atoms with Crippen LogP contribution in [0.25, 0.3) is 0 Å². The van der Waals surface area contributed by atoms with Crippen LogP contribution in [0.3, 0.4) is 0 Å². The van der Waals surface area contributed by atoms with E-state index >= 15 is 0 Å². The van der Waals surface area contributed by atoms with Gasteiger partial charge in [0.15, 0.2) is 11.6 Å². The standard InChI is InChI=1S/C19H15F3INO2S2/c1-10-7-18(11(2)27-10)28(25,26)24-17-6-5-15(20)19(22)14(17)8-12-3-4-13(23)9-16(12)21/h3-7,9,24H,8H2,1-2H3. The van der Waals surface area contributed by atoms with Gasteiger partial charge in [0.05, 0.1) is 5.69 Å². The predicted molar refractivity (Wildman–Crippen MR) is 113 cm³/mol. The molecule has 0 amide bonds. The van der Waals surface area contributed by atoms with Crippen LogP contribution < -0.4 is 4.72 Å². The zero-order valence-corrected chi connectivity index (χ0v) is 18.6. The minimum Gasteiger partial charge on any atom is -0.279 e. The second-order valence-electron chi connectivity index (χ2n) is 6.18. The highest BCUT2D eigenvalue weighted by molar-refractivity contribution is 14.1. The van der Waals surface area contributed by atoms with Gasteiger partial charge >= 0.3 is 0 Å². The fourth-order valence-corrected chi connectivity index (χ4v) is 5.89. The van der Waals surface area contributed by atoms with E-state index in [1.165, 1.54) is 29.5 Å². The molecule has 0 saturated heterocycles. The Bertz CT molecular complexity index is 1160. The number of hydrogen-bond acceptors (Lipinski definition) is 3. The number of rotatable bonds is 5. The van der Waals surface area contributed by atoms with E-state index in [4.69, 9.17) is 0 Å². The zero-order valence-electron chi connectivity index (χ0n) is 14.8. The monoisotopic (exact) mass is 537 g/mol. The van der Waals surface area contributed by atoms with Crippen LogP contribution in [0.1, 0.15) is 20.9 Å². The third-order valence-electron chi connectivity index (χ3n) is 4.11. The highest BCUT2D eigenvalue weighted by atomic mass is 127. The molecule has 9 heteroatoms. The van der Waals surface area contributed by atoms with Gasteiger partial charge in [-0.15, -0.1) is 11.3 Å². The average molecular weight is 537 g/mol. The first-order chi connectivity index (χ1) is 13.1.